The smallest absolute Gasteiger partial charge is 0.151 e. The van der Waals surface area contributed by atoms with Crippen LogP contribution in [0.4, 0.5) is 0 Å². The highest BCUT2D eigenvalue weighted by Gasteiger charge is 2.03. The summed E-state index contributed by atoms with van der Waals surface area (Å²) < 4.78 is 5.54. The highest BCUT2D eigenvalue weighted by molar-refractivity contribution is 6.32. The number of hydrogen-bond donors (Lipinski definition) is 0. The van der Waals surface area contributed by atoms with Crippen LogP contribution in [0.3, 0.4) is 0 Å². The van der Waals surface area contributed by atoms with Gasteiger partial charge in [0.15, 0.2) is 5.15 Å². The van der Waals surface area contributed by atoms with Crippen LogP contribution in [0.5, 0.6) is 5.75 Å². The molecule has 0 aliphatic carbocycles. The van der Waals surface area contributed by atoms with Gasteiger partial charge in [0.25, 0.3) is 0 Å². The van der Waals surface area contributed by atoms with Gasteiger partial charge in [-0.05, 0) is 36.8 Å². The minimum absolute atomic E-state index is 0.312. The molecule has 1 aromatic carbocycles. The van der Waals surface area contributed by atoms with E-state index in [-0.39, 0.29) is 0 Å². The van der Waals surface area contributed by atoms with E-state index in [1.54, 1.807) is 12.1 Å². The van der Waals surface area contributed by atoms with E-state index in [2.05, 4.69) is 10.2 Å². The lowest BCUT2D eigenvalue weighted by molar-refractivity contribution is 0.300. The lowest BCUT2D eigenvalue weighted by Gasteiger charge is -2.07. The fourth-order valence-corrected chi connectivity index (χ4v) is 1.69. The Hall–Kier alpha value is -1.32. The third kappa shape index (κ3) is 3.32. The average Bonchev–Trinajstić information content (AvgIpc) is 2.30. The number of ether oxygens (including phenoxy) is 1. The first-order valence-corrected chi connectivity index (χ1v) is 5.78. The number of benzene rings is 1. The van der Waals surface area contributed by atoms with Crippen LogP contribution in [0.25, 0.3) is 0 Å². The molecule has 0 unspecified atom stereocenters. The molecule has 17 heavy (non-hydrogen) atoms. The van der Waals surface area contributed by atoms with Crippen molar-refractivity contribution in [2.75, 3.05) is 0 Å². The number of aromatic nitrogens is 2. The van der Waals surface area contributed by atoms with Crippen LogP contribution >= 0.6 is 23.2 Å². The summed E-state index contributed by atoms with van der Waals surface area (Å²) in [6, 6.07) is 9.06. The maximum Gasteiger partial charge on any atom is 0.151 e. The lowest BCUT2D eigenvalue weighted by Crippen LogP contribution is -2.00. The Balaban J connectivity index is 2.04. The van der Waals surface area contributed by atoms with Gasteiger partial charge >= 0.3 is 0 Å². The first-order chi connectivity index (χ1) is 8.15. The summed E-state index contributed by atoms with van der Waals surface area (Å²) >= 11 is 11.7. The average molecular weight is 269 g/mol. The van der Waals surface area contributed by atoms with Crippen LogP contribution in [0, 0.1) is 6.92 Å². The Morgan fingerprint density at radius 1 is 1.12 bits per heavy atom. The molecule has 88 valence electrons. The lowest BCUT2D eigenvalue weighted by atomic mass is 10.2. The summed E-state index contributed by atoms with van der Waals surface area (Å²) in [6.07, 6.45) is 0. The molecule has 0 spiro atoms. The first kappa shape index (κ1) is 12.1. The zero-order valence-electron chi connectivity index (χ0n) is 9.15. The zero-order valence-corrected chi connectivity index (χ0v) is 10.7. The van der Waals surface area contributed by atoms with Crippen molar-refractivity contribution in [3.05, 3.63) is 51.8 Å². The summed E-state index contributed by atoms with van der Waals surface area (Å²) in [7, 11) is 0. The molecule has 3 nitrogen and oxygen atoms in total. The number of halogens is 2. The summed E-state index contributed by atoms with van der Waals surface area (Å²) in [4.78, 5) is 0. The van der Waals surface area contributed by atoms with E-state index in [4.69, 9.17) is 27.9 Å². The maximum atomic E-state index is 6.04. The fourth-order valence-electron chi connectivity index (χ4n) is 1.30. The Bertz CT molecular complexity index is 514. The molecule has 5 heteroatoms. The molecule has 1 aromatic heterocycles. The van der Waals surface area contributed by atoms with E-state index in [0.29, 0.717) is 28.2 Å². The van der Waals surface area contributed by atoms with Crippen LogP contribution < -0.4 is 4.74 Å². The molecule has 0 amide bonds. The minimum atomic E-state index is 0.312. The van der Waals surface area contributed by atoms with Gasteiger partial charge in [-0.15, -0.1) is 5.10 Å². The van der Waals surface area contributed by atoms with Gasteiger partial charge in [-0.25, -0.2) is 0 Å². The van der Waals surface area contributed by atoms with Crippen molar-refractivity contribution in [2.45, 2.75) is 13.5 Å². The standard InChI is InChI=1S/C12H10Cl2N2O/c1-8-2-4-11(10(13)6-8)17-7-9-3-5-12(14)16-15-9/h2-6H,7H2,1H3. The van der Waals surface area contributed by atoms with Gasteiger partial charge in [0.05, 0.1) is 5.02 Å². The van der Waals surface area contributed by atoms with Crippen LogP contribution in [-0.2, 0) is 6.61 Å². The van der Waals surface area contributed by atoms with E-state index >= 15 is 0 Å². The third-order valence-corrected chi connectivity index (χ3v) is 2.65. The fraction of sp³-hybridized carbons (Fsp3) is 0.167. The summed E-state index contributed by atoms with van der Waals surface area (Å²) in [5, 5.41) is 8.57. The molecule has 0 aliphatic rings. The third-order valence-electron chi connectivity index (χ3n) is 2.15. The number of hydrogen-bond acceptors (Lipinski definition) is 3. The van der Waals surface area contributed by atoms with E-state index in [9.17, 15) is 0 Å². The molecule has 0 N–H and O–H groups in total. The number of rotatable bonds is 3. The second kappa shape index (κ2) is 5.34. The Morgan fingerprint density at radius 3 is 2.59 bits per heavy atom. The number of aryl methyl sites for hydroxylation is 1. The van der Waals surface area contributed by atoms with E-state index in [1.165, 1.54) is 0 Å². The minimum Gasteiger partial charge on any atom is -0.486 e. The summed E-state index contributed by atoms with van der Waals surface area (Å²) in [5.41, 5.74) is 1.79. The van der Waals surface area contributed by atoms with Crippen LogP contribution in [0.1, 0.15) is 11.3 Å². The van der Waals surface area contributed by atoms with Gasteiger partial charge in [-0.3, -0.25) is 0 Å². The van der Waals surface area contributed by atoms with Crippen molar-refractivity contribution < 1.29 is 4.74 Å². The molecular weight excluding hydrogens is 259 g/mol. The highest BCUT2D eigenvalue weighted by atomic mass is 35.5. The normalized spacial score (nSPS) is 10.3. The molecule has 0 fully saturated rings. The molecule has 0 saturated carbocycles. The number of nitrogens with zero attached hydrogens (tertiary/aromatic N) is 2. The van der Waals surface area contributed by atoms with Gasteiger partial charge in [0, 0.05) is 0 Å². The quantitative estimate of drug-likeness (QED) is 0.852. The van der Waals surface area contributed by atoms with Crippen LogP contribution in [0.2, 0.25) is 10.2 Å². The Labute approximate surface area is 109 Å². The second-order valence-electron chi connectivity index (χ2n) is 3.57. The predicted octanol–water partition coefficient (Wildman–Crippen LogP) is 3.67. The van der Waals surface area contributed by atoms with Gasteiger partial charge in [0.1, 0.15) is 18.1 Å². The van der Waals surface area contributed by atoms with Gasteiger partial charge in [-0.2, -0.15) is 5.10 Å². The summed E-state index contributed by atoms with van der Waals surface area (Å²) in [5.74, 6) is 0.633. The van der Waals surface area contributed by atoms with Gasteiger partial charge < -0.3 is 4.74 Å². The monoisotopic (exact) mass is 268 g/mol. The zero-order chi connectivity index (χ0) is 12.3. The molecular formula is C12H10Cl2N2O. The van der Waals surface area contributed by atoms with E-state index in [1.807, 2.05) is 25.1 Å². The molecule has 0 atom stereocenters. The van der Waals surface area contributed by atoms with Gasteiger partial charge in [0.2, 0.25) is 0 Å². The Morgan fingerprint density at radius 2 is 1.94 bits per heavy atom. The van der Waals surface area contributed by atoms with Crippen molar-refractivity contribution in [1.29, 1.82) is 0 Å². The largest absolute Gasteiger partial charge is 0.486 e. The predicted molar refractivity (Wildman–Crippen MR) is 67.6 cm³/mol. The van der Waals surface area contributed by atoms with Crippen molar-refractivity contribution in [3.8, 4) is 5.75 Å². The first-order valence-electron chi connectivity index (χ1n) is 5.02. The second-order valence-corrected chi connectivity index (χ2v) is 4.36. The van der Waals surface area contributed by atoms with Crippen molar-refractivity contribution in [2.24, 2.45) is 0 Å². The molecule has 0 radical (unpaired) electrons. The summed E-state index contributed by atoms with van der Waals surface area (Å²) in [6.45, 7) is 2.29. The molecule has 0 saturated heterocycles. The van der Waals surface area contributed by atoms with E-state index < -0.39 is 0 Å². The van der Waals surface area contributed by atoms with Crippen LogP contribution in [-0.4, -0.2) is 10.2 Å². The molecule has 0 aliphatic heterocycles. The maximum absolute atomic E-state index is 6.04. The van der Waals surface area contributed by atoms with Crippen molar-refractivity contribution in [1.82, 2.24) is 10.2 Å². The Kier molecular flexibility index (Phi) is 3.82. The van der Waals surface area contributed by atoms with E-state index in [0.717, 1.165) is 5.56 Å². The molecule has 2 aromatic rings. The SMILES string of the molecule is Cc1ccc(OCc2ccc(Cl)nn2)c(Cl)c1. The van der Waals surface area contributed by atoms with Crippen LogP contribution in [0.15, 0.2) is 30.3 Å². The highest BCUT2D eigenvalue weighted by Crippen LogP contribution is 2.25. The molecule has 1 heterocycles. The molecule has 0 bridgehead atoms. The van der Waals surface area contributed by atoms with Gasteiger partial charge in [-0.1, -0.05) is 29.3 Å². The molecule has 2 rings (SSSR count). The topological polar surface area (TPSA) is 35.0 Å². The van der Waals surface area contributed by atoms with Crippen molar-refractivity contribution >= 4 is 23.2 Å². The van der Waals surface area contributed by atoms with Crippen molar-refractivity contribution in [3.63, 3.8) is 0 Å².